The number of aliphatic hydroxyl groups excluding tert-OH is 1. The fraction of sp³-hybridized carbons (Fsp3) is 0.571. The molecule has 1 saturated heterocycles. The zero-order valence-electron chi connectivity index (χ0n) is 10.5. The molecule has 1 aliphatic heterocycles. The molecule has 1 fully saturated rings. The lowest BCUT2D eigenvalue weighted by Crippen LogP contribution is -2.48. The first kappa shape index (κ1) is 12.4. The molecule has 0 radical (unpaired) electrons. The van der Waals surface area contributed by atoms with Gasteiger partial charge >= 0.3 is 0 Å². The van der Waals surface area contributed by atoms with Crippen molar-refractivity contribution < 1.29 is 5.11 Å². The van der Waals surface area contributed by atoms with Crippen molar-refractivity contribution in [3.05, 3.63) is 30.3 Å². The molecule has 1 aliphatic rings. The van der Waals surface area contributed by atoms with Gasteiger partial charge in [0.15, 0.2) is 0 Å². The van der Waals surface area contributed by atoms with Crippen LogP contribution in [-0.2, 0) is 0 Å². The van der Waals surface area contributed by atoms with Crippen molar-refractivity contribution in [1.29, 1.82) is 0 Å². The summed E-state index contributed by atoms with van der Waals surface area (Å²) in [4.78, 5) is 4.77. The Morgan fingerprint density at radius 2 is 1.76 bits per heavy atom. The van der Waals surface area contributed by atoms with Crippen molar-refractivity contribution in [1.82, 2.24) is 4.90 Å². The van der Waals surface area contributed by atoms with Gasteiger partial charge in [-0.1, -0.05) is 25.1 Å². The molecule has 94 valence electrons. The summed E-state index contributed by atoms with van der Waals surface area (Å²) in [5.74, 6) is 0. The SMILES string of the molecule is CCC(O)CN1CCN(c2ccccc2)CC1. The van der Waals surface area contributed by atoms with Crippen LogP contribution in [-0.4, -0.2) is 48.8 Å². The van der Waals surface area contributed by atoms with E-state index in [9.17, 15) is 5.11 Å². The van der Waals surface area contributed by atoms with Crippen molar-refractivity contribution in [2.24, 2.45) is 0 Å². The van der Waals surface area contributed by atoms with Gasteiger partial charge in [0.2, 0.25) is 0 Å². The Bertz CT molecular complexity index is 320. The van der Waals surface area contributed by atoms with Gasteiger partial charge in [0.05, 0.1) is 6.10 Å². The van der Waals surface area contributed by atoms with Crippen molar-refractivity contribution >= 4 is 5.69 Å². The van der Waals surface area contributed by atoms with Crippen LogP contribution in [0.15, 0.2) is 30.3 Å². The minimum atomic E-state index is -0.168. The number of anilines is 1. The molecule has 1 unspecified atom stereocenters. The number of β-amino-alcohol motifs (C(OH)–C–C–N with tert-alkyl or cyclic N) is 1. The fourth-order valence-electron chi connectivity index (χ4n) is 2.25. The number of benzene rings is 1. The van der Waals surface area contributed by atoms with Crippen LogP contribution in [0.3, 0.4) is 0 Å². The van der Waals surface area contributed by atoms with Gasteiger partial charge in [-0.15, -0.1) is 0 Å². The molecule has 0 aromatic heterocycles. The Hall–Kier alpha value is -1.06. The second kappa shape index (κ2) is 6.03. The van der Waals surface area contributed by atoms with Gasteiger partial charge in [0.1, 0.15) is 0 Å². The van der Waals surface area contributed by atoms with E-state index in [-0.39, 0.29) is 6.10 Å². The molecule has 1 atom stereocenters. The minimum Gasteiger partial charge on any atom is -0.392 e. The van der Waals surface area contributed by atoms with Gasteiger partial charge < -0.3 is 10.0 Å². The van der Waals surface area contributed by atoms with Crippen LogP contribution in [0.4, 0.5) is 5.69 Å². The fourth-order valence-corrected chi connectivity index (χ4v) is 2.25. The summed E-state index contributed by atoms with van der Waals surface area (Å²) >= 11 is 0. The average Bonchev–Trinajstić information content (AvgIpc) is 2.40. The molecule has 0 saturated carbocycles. The van der Waals surface area contributed by atoms with E-state index in [0.29, 0.717) is 0 Å². The Balaban J connectivity index is 1.82. The number of hydrogen-bond acceptors (Lipinski definition) is 3. The molecule has 3 nitrogen and oxygen atoms in total. The topological polar surface area (TPSA) is 26.7 Å². The number of hydrogen-bond donors (Lipinski definition) is 1. The standard InChI is InChI=1S/C14H22N2O/c1-2-14(17)12-15-8-10-16(11-9-15)13-6-4-3-5-7-13/h3-7,14,17H,2,8-12H2,1H3. The molecule has 1 aromatic carbocycles. The molecule has 2 rings (SSSR count). The Morgan fingerprint density at radius 1 is 1.12 bits per heavy atom. The lowest BCUT2D eigenvalue weighted by molar-refractivity contribution is 0.106. The van der Waals surface area contributed by atoms with Crippen LogP contribution in [0, 0.1) is 0 Å². The Morgan fingerprint density at radius 3 is 2.35 bits per heavy atom. The third-order valence-corrected chi connectivity index (χ3v) is 3.43. The van der Waals surface area contributed by atoms with E-state index in [1.807, 2.05) is 6.92 Å². The minimum absolute atomic E-state index is 0.168. The van der Waals surface area contributed by atoms with E-state index in [0.717, 1.165) is 39.1 Å². The number of nitrogens with zero attached hydrogens (tertiary/aromatic N) is 2. The van der Waals surface area contributed by atoms with Gasteiger partial charge in [-0.05, 0) is 18.6 Å². The molecule has 1 N–H and O–H groups in total. The predicted molar refractivity (Wildman–Crippen MR) is 71.4 cm³/mol. The van der Waals surface area contributed by atoms with Crippen molar-refractivity contribution in [2.75, 3.05) is 37.6 Å². The molecular formula is C14H22N2O. The molecule has 0 aliphatic carbocycles. The molecule has 17 heavy (non-hydrogen) atoms. The summed E-state index contributed by atoms with van der Waals surface area (Å²) in [5, 5.41) is 9.64. The molecule has 0 spiro atoms. The zero-order valence-corrected chi connectivity index (χ0v) is 10.5. The number of rotatable bonds is 4. The van der Waals surface area contributed by atoms with Gasteiger partial charge in [0, 0.05) is 38.4 Å². The lowest BCUT2D eigenvalue weighted by atomic mass is 10.2. The highest BCUT2D eigenvalue weighted by molar-refractivity contribution is 5.46. The number of aliphatic hydroxyl groups is 1. The molecule has 0 bridgehead atoms. The van der Waals surface area contributed by atoms with Crippen LogP contribution in [0.1, 0.15) is 13.3 Å². The third-order valence-electron chi connectivity index (χ3n) is 3.43. The highest BCUT2D eigenvalue weighted by atomic mass is 16.3. The largest absolute Gasteiger partial charge is 0.392 e. The molecule has 3 heteroatoms. The molecule has 0 amide bonds. The number of para-hydroxylation sites is 1. The van der Waals surface area contributed by atoms with Crippen LogP contribution < -0.4 is 4.90 Å². The summed E-state index contributed by atoms with van der Waals surface area (Å²) in [6, 6.07) is 10.6. The van der Waals surface area contributed by atoms with Crippen LogP contribution in [0.2, 0.25) is 0 Å². The Labute approximate surface area is 104 Å². The Kier molecular flexibility index (Phi) is 4.40. The second-order valence-electron chi connectivity index (χ2n) is 4.69. The van der Waals surface area contributed by atoms with Gasteiger partial charge in [0.25, 0.3) is 0 Å². The van der Waals surface area contributed by atoms with E-state index < -0.39 is 0 Å². The normalized spacial score (nSPS) is 19.3. The molecule has 1 aromatic rings. The highest BCUT2D eigenvalue weighted by Crippen LogP contribution is 2.15. The van der Waals surface area contributed by atoms with E-state index in [1.54, 1.807) is 0 Å². The monoisotopic (exact) mass is 234 g/mol. The summed E-state index contributed by atoms with van der Waals surface area (Å²) < 4.78 is 0. The quantitative estimate of drug-likeness (QED) is 0.857. The van der Waals surface area contributed by atoms with Crippen LogP contribution in [0.5, 0.6) is 0 Å². The zero-order chi connectivity index (χ0) is 12.1. The van der Waals surface area contributed by atoms with Crippen molar-refractivity contribution in [3.8, 4) is 0 Å². The van der Waals surface area contributed by atoms with Crippen molar-refractivity contribution in [3.63, 3.8) is 0 Å². The van der Waals surface area contributed by atoms with E-state index >= 15 is 0 Å². The average molecular weight is 234 g/mol. The highest BCUT2D eigenvalue weighted by Gasteiger charge is 2.18. The first-order valence-corrected chi connectivity index (χ1v) is 6.50. The van der Waals surface area contributed by atoms with Gasteiger partial charge in [-0.25, -0.2) is 0 Å². The van der Waals surface area contributed by atoms with Gasteiger partial charge in [-0.2, -0.15) is 0 Å². The maximum atomic E-state index is 9.64. The second-order valence-corrected chi connectivity index (χ2v) is 4.69. The first-order valence-electron chi connectivity index (χ1n) is 6.50. The van der Waals surface area contributed by atoms with Crippen LogP contribution in [0.25, 0.3) is 0 Å². The smallest absolute Gasteiger partial charge is 0.0664 e. The van der Waals surface area contributed by atoms with E-state index in [1.165, 1.54) is 5.69 Å². The number of piperazine rings is 1. The first-order chi connectivity index (χ1) is 8.29. The lowest BCUT2D eigenvalue weighted by Gasteiger charge is -2.36. The summed E-state index contributed by atoms with van der Waals surface area (Å²) in [6.45, 7) is 7.06. The van der Waals surface area contributed by atoms with E-state index in [2.05, 4.69) is 40.1 Å². The maximum absolute atomic E-state index is 9.64. The van der Waals surface area contributed by atoms with Crippen molar-refractivity contribution in [2.45, 2.75) is 19.4 Å². The van der Waals surface area contributed by atoms with Gasteiger partial charge in [-0.3, -0.25) is 4.90 Å². The summed E-state index contributed by atoms with van der Waals surface area (Å²) in [7, 11) is 0. The summed E-state index contributed by atoms with van der Waals surface area (Å²) in [5.41, 5.74) is 1.31. The predicted octanol–water partition coefficient (Wildman–Crippen LogP) is 1.58. The van der Waals surface area contributed by atoms with E-state index in [4.69, 9.17) is 0 Å². The molecular weight excluding hydrogens is 212 g/mol. The summed E-state index contributed by atoms with van der Waals surface area (Å²) in [6.07, 6.45) is 0.678. The molecule has 1 heterocycles. The maximum Gasteiger partial charge on any atom is 0.0664 e. The van der Waals surface area contributed by atoms with Crippen LogP contribution >= 0.6 is 0 Å². The third kappa shape index (κ3) is 3.45.